The standard InChI is InChI=1S/C19H24N2O4/c1-12-5-3-4-6-16(12)25-10-9-20-17(22)13-7-8-14-15(11-13)19(24)21(2)18(14)23/h7-8,11-12,16H,3-6,9-10H2,1-2H3,(H,20,22)/t12-,16-/m1/s1. The predicted octanol–water partition coefficient (Wildman–Crippen LogP) is 2.24. The van der Waals surface area contributed by atoms with Gasteiger partial charge in [0.1, 0.15) is 0 Å². The zero-order valence-electron chi connectivity index (χ0n) is 14.7. The number of imide groups is 1. The van der Waals surface area contributed by atoms with Crippen LogP contribution in [0.4, 0.5) is 0 Å². The second-order valence-corrected chi connectivity index (χ2v) is 6.86. The fraction of sp³-hybridized carbons (Fsp3) is 0.526. The molecule has 0 radical (unpaired) electrons. The van der Waals surface area contributed by atoms with E-state index in [-0.39, 0.29) is 29.4 Å². The Kier molecular flexibility index (Phi) is 5.18. The van der Waals surface area contributed by atoms with Crippen LogP contribution in [-0.2, 0) is 4.74 Å². The Morgan fingerprint density at radius 2 is 1.92 bits per heavy atom. The van der Waals surface area contributed by atoms with Crippen molar-refractivity contribution in [3.05, 3.63) is 34.9 Å². The van der Waals surface area contributed by atoms with Gasteiger partial charge in [-0.15, -0.1) is 0 Å². The average molecular weight is 344 g/mol. The summed E-state index contributed by atoms with van der Waals surface area (Å²) in [6.07, 6.45) is 5.05. The van der Waals surface area contributed by atoms with Crippen LogP contribution in [0, 0.1) is 5.92 Å². The monoisotopic (exact) mass is 344 g/mol. The minimum absolute atomic E-state index is 0.266. The van der Waals surface area contributed by atoms with E-state index in [1.165, 1.54) is 38.4 Å². The van der Waals surface area contributed by atoms with E-state index in [2.05, 4.69) is 12.2 Å². The molecule has 0 aromatic heterocycles. The van der Waals surface area contributed by atoms with Crippen LogP contribution in [-0.4, -0.2) is 48.9 Å². The van der Waals surface area contributed by atoms with Gasteiger partial charge in [-0.1, -0.05) is 19.8 Å². The number of amides is 3. The molecule has 1 N–H and O–H groups in total. The van der Waals surface area contributed by atoms with Gasteiger partial charge in [-0.2, -0.15) is 0 Å². The summed E-state index contributed by atoms with van der Waals surface area (Å²) >= 11 is 0. The molecular formula is C19H24N2O4. The summed E-state index contributed by atoms with van der Waals surface area (Å²) < 4.78 is 5.88. The van der Waals surface area contributed by atoms with Gasteiger partial charge in [0, 0.05) is 19.2 Å². The van der Waals surface area contributed by atoms with Crippen molar-refractivity contribution in [3.63, 3.8) is 0 Å². The molecule has 0 unspecified atom stereocenters. The van der Waals surface area contributed by atoms with Crippen molar-refractivity contribution in [1.82, 2.24) is 10.2 Å². The number of hydrogen-bond acceptors (Lipinski definition) is 4. The molecule has 1 aromatic carbocycles. The molecule has 3 amide bonds. The van der Waals surface area contributed by atoms with Crippen molar-refractivity contribution >= 4 is 17.7 Å². The van der Waals surface area contributed by atoms with Crippen molar-refractivity contribution in [2.24, 2.45) is 5.92 Å². The summed E-state index contributed by atoms with van der Waals surface area (Å²) in [6, 6.07) is 4.59. The Morgan fingerprint density at radius 3 is 2.68 bits per heavy atom. The Balaban J connectivity index is 1.52. The molecule has 1 fully saturated rings. The molecule has 1 saturated carbocycles. The summed E-state index contributed by atoms with van der Waals surface area (Å²) in [4.78, 5) is 37.2. The maximum atomic E-state index is 12.3. The van der Waals surface area contributed by atoms with Crippen LogP contribution in [0.15, 0.2) is 18.2 Å². The van der Waals surface area contributed by atoms with E-state index in [0.717, 1.165) is 11.3 Å². The van der Waals surface area contributed by atoms with Crippen molar-refractivity contribution in [2.45, 2.75) is 38.7 Å². The second-order valence-electron chi connectivity index (χ2n) is 6.86. The molecule has 6 nitrogen and oxygen atoms in total. The van der Waals surface area contributed by atoms with E-state index in [0.29, 0.717) is 30.2 Å². The molecule has 3 rings (SSSR count). The normalized spacial score (nSPS) is 22.9. The summed E-state index contributed by atoms with van der Waals surface area (Å²) in [5, 5.41) is 2.81. The zero-order valence-corrected chi connectivity index (χ0v) is 14.7. The van der Waals surface area contributed by atoms with Gasteiger partial charge in [-0.05, 0) is 37.0 Å². The Labute approximate surface area is 147 Å². The number of benzene rings is 1. The Bertz CT molecular complexity index is 701. The summed E-state index contributed by atoms with van der Waals surface area (Å²) in [5.41, 5.74) is 1.01. The van der Waals surface area contributed by atoms with Crippen LogP contribution in [0.5, 0.6) is 0 Å². The van der Waals surface area contributed by atoms with Crippen LogP contribution in [0.2, 0.25) is 0 Å². The minimum atomic E-state index is -0.371. The maximum Gasteiger partial charge on any atom is 0.261 e. The lowest BCUT2D eigenvalue weighted by atomic mass is 9.88. The fourth-order valence-corrected chi connectivity index (χ4v) is 3.51. The van der Waals surface area contributed by atoms with Gasteiger partial charge in [-0.25, -0.2) is 0 Å². The summed E-state index contributed by atoms with van der Waals surface area (Å²) in [6.45, 7) is 3.11. The number of fused-ring (bicyclic) bond motifs is 1. The quantitative estimate of drug-likeness (QED) is 0.656. The second kappa shape index (κ2) is 7.35. The molecule has 25 heavy (non-hydrogen) atoms. The number of hydrogen-bond donors (Lipinski definition) is 1. The number of rotatable bonds is 5. The molecule has 1 aromatic rings. The lowest BCUT2D eigenvalue weighted by molar-refractivity contribution is -0.00293. The topological polar surface area (TPSA) is 75.7 Å². The largest absolute Gasteiger partial charge is 0.376 e. The lowest BCUT2D eigenvalue weighted by Gasteiger charge is -2.28. The van der Waals surface area contributed by atoms with Crippen LogP contribution >= 0.6 is 0 Å². The molecule has 6 heteroatoms. The SMILES string of the molecule is C[C@@H]1CCCC[C@H]1OCCNC(=O)c1ccc2c(c1)C(=O)N(C)C2=O. The molecule has 1 heterocycles. The van der Waals surface area contributed by atoms with Gasteiger partial charge < -0.3 is 10.1 Å². The van der Waals surface area contributed by atoms with Crippen LogP contribution in [0.3, 0.4) is 0 Å². The fourth-order valence-electron chi connectivity index (χ4n) is 3.51. The highest BCUT2D eigenvalue weighted by atomic mass is 16.5. The highest BCUT2D eigenvalue weighted by molar-refractivity contribution is 6.21. The summed E-state index contributed by atoms with van der Waals surface area (Å²) in [5.74, 6) is -0.397. The van der Waals surface area contributed by atoms with Gasteiger partial charge >= 0.3 is 0 Å². The van der Waals surface area contributed by atoms with E-state index in [1.54, 1.807) is 6.07 Å². The first-order chi connectivity index (χ1) is 12.0. The predicted molar refractivity (Wildman–Crippen MR) is 92.6 cm³/mol. The Morgan fingerprint density at radius 1 is 1.20 bits per heavy atom. The molecule has 0 bridgehead atoms. The molecular weight excluding hydrogens is 320 g/mol. The molecule has 134 valence electrons. The number of ether oxygens (including phenoxy) is 1. The van der Waals surface area contributed by atoms with E-state index < -0.39 is 0 Å². The van der Waals surface area contributed by atoms with Crippen molar-refractivity contribution in [2.75, 3.05) is 20.2 Å². The van der Waals surface area contributed by atoms with Crippen molar-refractivity contribution in [1.29, 1.82) is 0 Å². The van der Waals surface area contributed by atoms with E-state index in [9.17, 15) is 14.4 Å². The lowest BCUT2D eigenvalue weighted by Crippen LogP contribution is -2.31. The third kappa shape index (κ3) is 3.58. The number of nitrogens with zero attached hydrogens (tertiary/aromatic N) is 1. The van der Waals surface area contributed by atoms with Gasteiger partial charge in [-0.3, -0.25) is 19.3 Å². The highest BCUT2D eigenvalue weighted by Crippen LogP contribution is 2.26. The third-order valence-corrected chi connectivity index (χ3v) is 5.10. The van der Waals surface area contributed by atoms with Gasteiger partial charge in [0.2, 0.25) is 0 Å². The third-order valence-electron chi connectivity index (χ3n) is 5.10. The average Bonchev–Trinajstić information content (AvgIpc) is 2.84. The van der Waals surface area contributed by atoms with E-state index >= 15 is 0 Å². The number of carbonyl (C=O) groups excluding carboxylic acids is 3. The molecule has 1 aliphatic heterocycles. The molecule has 0 spiro atoms. The number of carbonyl (C=O) groups is 3. The van der Waals surface area contributed by atoms with Crippen molar-refractivity contribution in [3.8, 4) is 0 Å². The first-order valence-corrected chi connectivity index (χ1v) is 8.85. The maximum absolute atomic E-state index is 12.3. The zero-order chi connectivity index (χ0) is 18.0. The summed E-state index contributed by atoms with van der Waals surface area (Å²) in [7, 11) is 1.44. The molecule has 0 saturated heterocycles. The highest BCUT2D eigenvalue weighted by Gasteiger charge is 2.33. The first kappa shape index (κ1) is 17.6. The van der Waals surface area contributed by atoms with Gasteiger partial charge in [0.05, 0.1) is 23.8 Å². The smallest absolute Gasteiger partial charge is 0.261 e. The first-order valence-electron chi connectivity index (χ1n) is 8.85. The minimum Gasteiger partial charge on any atom is -0.376 e. The van der Waals surface area contributed by atoms with Crippen molar-refractivity contribution < 1.29 is 19.1 Å². The molecule has 2 atom stereocenters. The number of nitrogens with one attached hydrogen (secondary N) is 1. The van der Waals surface area contributed by atoms with E-state index in [4.69, 9.17) is 4.74 Å². The molecule has 1 aliphatic carbocycles. The Hall–Kier alpha value is -2.21. The molecule has 2 aliphatic rings. The van der Waals surface area contributed by atoms with Gasteiger partial charge in [0.15, 0.2) is 0 Å². The van der Waals surface area contributed by atoms with Crippen LogP contribution in [0.25, 0.3) is 0 Å². The van der Waals surface area contributed by atoms with Crippen LogP contribution in [0.1, 0.15) is 63.7 Å². The van der Waals surface area contributed by atoms with E-state index in [1.807, 2.05) is 0 Å². The van der Waals surface area contributed by atoms with Gasteiger partial charge in [0.25, 0.3) is 17.7 Å². The van der Waals surface area contributed by atoms with Crippen LogP contribution < -0.4 is 5.32 Å².